The maximum Gasteiger partial charge on any atom is 0.368 e. The molecule has 0 aromatic rings. The quantitative estimate of drug-likeness (QED) is 0.299. The largest absolute Gasteiger partial charge is 0.368 e. The molecule has 0 bridgehead atoms. The minimum absolute atomic E-state index is 0.173. The molecule has 1 aliphatic rings. The zero-order valence-corrected chi connectivity index (χ0v) is 10.0. The average molecular weight is 242 g/mol. The molecule has 1 saturated heterocycles. The highest BCUT2D eigenvalue weighted by Gasteiger charge is 2.18. The van der Waals surface area contributed by atoms with Crippen molar-refractivity contribution in [1.82, 2.24) is 10.2 Å². The Morgan fingerprint density at radius 2 is 2.35 bits per heavy atom. The number of hydrogen-bond donors (Lipinski definition) is 1. The first-order valence-corrected chi connectivity index (χ1v) is 5.59. The second-order valence-corrected chi connectivity index (χ2v) is 3.89. The van der Waals surface area contributed by atoms with E-state index in [0.29, 0.717) is 25.2 Å². The lowest BCUT2D eigenvalue weighted by atomic mass is 10.4. The van der Waals surface area contributed by atoms with Crippen molar-refractivity contribution in [2.24, 2.45) is 0 Å². The molecule has 0 spiro atoms. The monoisotopic (exact) mass is 242 g/mol. The first kappa shape index (κ1) is 13.7. The third-order valence-electron chi connectivity index (χ3n) is 2.32. The van der Waals surface area contributed by atoms with Crippen LogP contribution in [0.2, 0.25) is 0 Å². The number of likely N-dealkylation sites (tertiary alicyclic amines) is 1. The van der Waals surface area contributed by atoms with E-state index < -0.39 is 5.97 Å². The van der Waals surface area contributed by atoms with Crippen molar-refractivity contribution in [3.63, 3.8) is 0 Å². The maximum atomic E-state index is 11.2. The summed E-state index contributed by atoms with van der Waals surface area (Å²) in [7, 11) is 0. The normalized spacial score (nSPS) is 15.1. The Hall–Kier alpha value is -1.40. The number of carbonyl (C=O) groups excluding carboxylic acids is 2. The Kier molecular flexibility index (Phi) is 5.65. The number of nitrogens with zero attached hydrogens (tertiary/aromatic N) is 1. The van der Waals surface area contributed by atoms with Crippen molar-refractivity contribution in [3.05, 3.63) is 12.2 Å². The van der Waals surface area contributed by atoms with Crippen LogP contribution >= 0.6 is 0 Å². The average Bonchev–Trinajstić information content (AvgIpc) is 2.68. The number of carbonyl (C=O) groups is 2. The van der Waals surface area contributed by atoms with Gasteiger partial charge in [-0.2, -0.15) is 4.89 Å². The molecule has 1 heterocycles. The van der Waals surface area contributed by atoms with E-state index in [0.717, 1.165) is 13.0 Å². The van der Waals surface area contributed by atoms with Gasteiger partial charge in [-0.15, -0.1) is 0 Å². The second kappa shape index (κ2) is 7.03. The lowest BCUT2D eigenvalue weighted by Crippen LogP contribution is -2.36. The lowest BCUT2D eigenvalue weighted by Gasteiger charge is -2.15. The molecule has 1 amide bonds. The van der Waals surface area contributed by atoms with Gasteiger partial charge >= 0.3 is 5.97 Å². The third kappa shape index (κ3) is 4.97. The SMILES string of the molecule is C=C(C)C(=O)OOCCNCN1CCCC1=O. The summed E-state index contributed by atoms with van der Waals surface area (Å²) in [6.07, 6.45) is 1.56. The van der Waals surface area contributed by atoms with Gasteiger partial charge in [0.1, 0.15) is 6.61 Å². The fourth-order valence-corrected chi connectivity index (χ4v) is 1.37. The Morgan fingerprint density at radius 1 is 1.59 bits per heavy atom. The van der Waals surface area contributed by atoms with E-state index in [1.165, 1.54) is 0 Å². The predicted octanol–water partition coefficient (Wildman–Crippen LogP) is 0.207. The first-order chi connectivity index (χ1) is 8.11. The summed E-state index contributed by atoms with van der Waals surface area (Å²) in [5.74, 6) is -0.396. The van der Waals surface area contributed by atoms with Gasteiger partial charge in [-0.3, -0.25) is 15.0 Å². The minimum atomic E-state index is -0.570. The van der Waals surface area contributed by atoms with E-state index in [1.54, 1.807) is 11.8 Å². The maximum absolute atomic E-state index is 11.2. The predicted molar refractivity (Wildman–Crippen MR) is 60.7 cm³/mol. The molecule has 1 N–H and O–H groups in total. The fourth-order valence-electron chi connectivity index (χ4n) is 1.37. The molecule has 0 unspecified atom stereocenters. The van der Waals surface area contributed by atoms with Gasteiger partial charge in [0.25, 0.3) is 0 Å². The molecular formula is C11H18N2O4. The number of hydrogen-bond acceptors (Lipinski definition) is 5. The van der Waals surface area contributed by atoms with Crippen LogP contribution in [0, 0.1) is 0 Å². The van der Waals surface area contributed by atoms with Crippen molar-refractivity contribution in [3.8, 4) is 0 Å². The third-order valence-corrected chi connectivity index (χ3v) is 2.32. The molecule has 0 saturated carbocycles. The summed E-state index contributed by atoms with van der Waals surface area (Å²) >= 11 is 0. The van der Waals surface area contributed by atoms with Crippen molar-refractivity contribution < 1.29 is 19.4 Å². The summed E-state index contributed by atoms with van der Waals surface area (Å²) in [5, 5.41) is 3.03. The van der Waals surface area contributed by atoms with Crippen LogP contribution in [0.4, 0.5) is 0 Å². The topological polar surface area (TPSA) is 67.9 Å². The van der Waals surface area contributed by atoms with Crippen LogP contribution < -0.4 is 5.32 Å². The Morgan fingerprint density at radius 3 is 2.94 bits per heavy atom. The van der Waals surface area contributed by atoms with Gasteiger partial charge in [0.15, 0.2) is 0 Å². The van der Waals surface area contributed by atoms with E-state index in [9.17, 15) is 9.59 Å². The van der Waals surface area contributed by atoms with Gasteiger partial charge in [0.2, 0.25) is 5.91 Å². The fraction of sp³-hybridized carbons (Fsp3) is 0.636. The molecule has 1 rings (SSSR count). The summed E-state index contributed by atoms with van der Waals surface area (Å²) < 4.78 is 0. The Labute approximate surface area is 100 Å². The van der Waals surface area contributed by atoms with Crippen molar-refractivity contribution >= 4 is 11.9 Å². The number of nitrogens with one attached hydrogen (secondary N) is 1. The van der Waals surface area contributed by atoms with Crippen molar-refractivity contribution in [1.29, 1.82) is 0 Å². The molecule has 17 heavy (non-hydrogen) atoms. The van der Waals surface area contributed by atoms with Crippen molar-refractivity contribution in [2.75, 3.05) is 26.4 Å². The summed E-state index contributed by atoms with van der Waals surface area (Å²) in [5.41, 5.74) is 0.292. The van der Waals surface area contributed by atoms with Crippen LogP contribution in [0.5, 0.6) is 0 Å². The Balaban J connectivity index is 1.96. The van der Waals surface area contributed by atoms with Crippen LogP contribution in [-0.4, -0.2) is 43.1 Å². The molecule has 1 fully saturated rings. The summed E-state index contributed by atoms with van der Waals surface area (Å²) in [6, 6.07) is 0. The summed E-state index contributed by atoms with van der Waals surface area (Å²) in [6.45, 7) is 7.02. The molecule has 0 aromatic heterocycles. The van der Waals surface area contributed by atoms with Crippen LogP contribution in [0.15, 0.2) is 12.2 Å². The van der Waals surface area contributed by atoms with E-state index in [2.05, 4.69) is 21.7 Å². The first-order valence-electron chi connectivity index (χ1n) is 5.59. The number of amides is 1. The number of rotatable bonds is 7. The zero-order valence-electron chi connectivity index (χ0n) is 10.0. The molecule has 6 nitrogen and oxygen atoms in total. The molecule has 0 aromatic carbocycles. The van der Waals surface area contributed by atoms with Crippen LogP contribution in [-0.2, 0) is 19.4 Å². The summed E-state index contributed by atoms with van der Waals surface area (Å²) in [4.78, 5) is 33.0. The molecule has 0 radical (unpaired) electrons. The van der Waals surface area contributed by atoms with Gasteiger partial charge in [-0.05, 0) is 13.3 Å². The van der Waals surface area contributed by atoms with Crippen LogP contribution in [0.1, 0.15) is 19.8 Å². The van der Waals surface area contributed by atoms with Crippen molar-refractivity contribution in [2.45, 2.75) is 19.8 Å². The lowest BCUT2D eigenvalue weighted by molar-refractivity contribution is -0.267. The standard InChI is InChI=1S/C11H18N2O4/c1-9(2)11(15)17-16-7-5-12-8-13-6-3-4-10(13)14/h12H,1,3-8H2,2H3. The molecular weight excluding hydrogens is 224 g/mol. The molecule has 1 aliphatic heterocycles. The van der Waals surface area contributed by atoms with Crippen LogP contribution in [0.25, 0.3) is 0 Å². The Bertz CT molecular complexity index is 304. The highest BCUT2D eigenvalue weighted by Crippen LogP contribution is 2.07. The van der Waals surface area contributed by atoms with Gasteiger partial charge < -0.3 is 4.90 Å². The van der Waals surface area contributed by atoms with Gasteiger partial charge in [0, 0.05) is 25.1 Å². The van der Waals surface area contributed by atoms with Crippen LogP contribution in [0.3, 0.4) is 0 Å². The molecule has 0 atom stereocenters. The van der Waals surface area contributed by atoms with Gasteiger partial charge in [-0.25, -0.2) is 4.79 Å². The molecule has 0 aliphatic carbocycles. The smallest absolute Gasteiger partial charge is 0.330 e. The molecule has 96 valence electrons. The van der Waals surface area contributed by atoms with Gasteiger partial charge in [-0.1, -0.05) is 6.58 Å². The van der Waals surface area contributed by atoms with E-state index in [1.807, 2.05) is 0 Å². The van der Waals surface area contributed by atoms with E-state index in [-0.39, 0.29) is 12.5 Å². The highest BCUT2D eigenvalue weighted by molar-refractivity contribution is 5.86. The van der Waals surface area contributed by atoms with E-state index >= 15 is 0 Å². The van der Waals surface area contributed by atoms with E-state index in [4.69, 9.17) is 0 Å². The highest BCUT2D eigenvalue weighted by atomic mass is 17.2. The molecule has 6 heteroatoms. The zero-order chi connectivity index (χ0) is 12.7. The second-order valence-electron chi connectivity index (χ2n) is 3.89. The minimum Gasteiger partial charge on any atom is -0.330 e. The van der Waals surface area contributed by atoms with Gasteiger partial charge in [0.05, 0.1) is 6.67 Å².